The van der Waals surface area contributed by atoms with Crippen LogP contribution in [0.2, 0.25) is 0 Å². The predicted molar refractivity (Wildman–Crippen MR) is 62.1 cm³/mol. The third-order valence-corrected chi connectivity index (χ3v) is 2.33. The van der Waals surface area contributed by atoms with E-state index in [4.69, 9.17) is 0 Å². The highest BCUT2D eigenvalue weighted by atomic mass is 79.9. The van der Waals surface area contributed by atoms with E-state index < -0.39 is 12.8 Å². The second-order valence-electron chi connectivity index (χ2n) is 4.29. The Labute approximate surface area is 107 Å². The van der Waals surface area contributed by atoms with Gasteiger partial charge in [-0.2, -0.15) is 13.2 Å². The van der Waals surface area contributed by atoms with Crippen molar-refractivity contribution in [1.29, 1.82) is 0 Å². The summed E-state index contributed by atoms with van der Waals surface area (Å²) in [5.74, 6) is -0.307. The van der Waals surface area contributed by atoms with Gasteiger partial charge in [-0.3, -0.25) is 4.79 Å². The molecule has 0 bridgehead atoms. The highest BCUT2D eigenvalue weighted by molar-refractivity contribution is 9.09. The number of carbonyl (C=O) groups excluding carboxylic acids is 1. The average Bonchev–Trinajstić information content (AvgIpc) is 2.09. The summed E-state index contributed by atoms with van der Waals surface area (Å²) in [6.45, 7) is 2.16. The van der Waals surface area contributed by atoms with Crippen LogP contribution >= 0.6 is 15.9 Å². The van der Waals surface area contributed by atoms with Gasteiger partial charge in [-0.1, -0.05) is 15.9 Å². The Morgan fingerprint density at radius 2 is 1.94 bits per heavy atom. The second-order valence-corrected chi connectivity index (χ2v) is 5.08. The first kappa shape index (κ1) is 16.7. The number of ether oxygens (including phenoxy) is 1. The maximum absolute atomic E-state index is 11.7. The maximum Gasteiger partial charge on any atom is 0.411 e. The summed E-state index contributed by atoms with van der Waals surface area (Å²) in [4.78, 5) is 11.4. The summed E-state index contributed by atoms with van der Waals surface area (Å²) in [7, 11) is 0. The molecule has 0 radical (unpaired) electrons. The number of alkyl halides is 4. The average molecular weight is 320 g/mol. The molecule has 0 rings (SSSR count). The van der Waals surface area contributed by atoms with Crippen molar-refractivity contribution in [1.82, 2.24) is 5.32 Å². The molecule has 1 amide bonds. The van der Waals surface area contributed by atoms with E-state index in [2.05, 4.69) is 26.0 Å². The normalized spacial score (nSPS) is 12.6. The molecule has 102 valence electrons. The van der Waals surface area contributed by atoms with Crippen LogP contribution in [0.4, 0.5) is 13.2 Å². The van der Waals surface area contributed by atoms with E-state index in [9.17, 15) is 18.0 Å². The molecular formula is C10H17BrF3NO2. The van der Waals surface area contributed by atoms with Crippen LogP contribution in [0.5, 0.6) is 0 Å². The second kappa shape index (κ2) is 7.20. The summed E-state index contributed by atoms with van der Waals surface area (Å²) >= 11 is 3.26. The minimum absolute atomic E-state index is 0.0677. The summed E-state index contributed by atoms with van der Waals surface area (Å²) in [5, 5.41) is 3.47. The lowest BCUT2D eigenvalue weighted by atomic mass is 10.0. The Morgan fingerprint density at radius 1 is 1.35 bits per heavy atom. The van der Waals surface area contributed by atoms with Gasteiger partial charge in [0, 0.05) is 17.3 Å². The Balaban J connectivity index is 3.74. The number of rotatable bonds is 7. The molecule has 0 atom stereocenters. The van der Waals surface area contributed by atoms with Crippen molar-refractivity contribution in [2.45, 2.75) is 38.4 Å². The van der Waals surface area contributed by atoms with Crippen molar-refractivity contribution in [3.8, 4) is 0 Å². The van der Waals surface area contributed by atoms with E-state index in [1.807, 2.05) is 13.8 Å². The van der Waals surface area contributed by atoms with Gasteiger partial charge in [0.25, 0.3) is 0 Å². The van der Waals surface area contributed by atoms with E-state index in [0.29, 0.717) is 0 Å². The third kappa shape index (κ3) is 10.6. The molecule has 0 aromatic rings. The zero-order valence-electron chi connectivity index (χ0n) is 9.86. The summed E-state index contributed by atoms with van der Waals surface area (Å²) < 4.78 is 39.5. The number of halogens is 4. The molecule has 0 saturated heterocycles. The summed E-state index contributed by atoms with van der Waals surface area (Å²) in [6.07, 6.45) is -3.67. The molecule has 0 aliphatic carbocycles. The minimum Gasteiger partial charge on any atom is -0.372 e. The third-order valence-electron chi connectivity index (χ3n) is 1.94. The van der Waals surface area contributed by atoms with Gasteiger partial charge < -0.3 is 10.1 Å². The first-order valence-corrected chi connectivity index (χ1v) is 6.30. The van der Waals surface area contributed by atoms with Crippen LogP contribution < -0.4 is 5.32 Å². The van der Waals surface area contributed by atoms with Gasteiger partial charge in [-0.25, -0.2) is 0 Å². The van der Waals surface area contributed by atoms with Crippen LogP contribution in [-0.4, -0.2) is 36.2 Å². The van der Waals surface area contributed by atoms with Crippen molar-refractivity contribution in [2.75, 3.05) is 18.5 Å². The fraction of sp³-hybridized carbons (Fsp3) is 0.900. The predicted octanol–water partition coefficient (Wildman–Crippen LogP) is 2.64. The molecule has 0 aromatic heterocycles. The fourth-order valence-corrected chi connectivity index (χ4v) is 2.08. The zero-order chi connectivity index (χ0) is 13.5. The first-order chi connectivity index (χ1) is 7.66. The molecule has 7 heteroatoms. The molecule has 1 N–H and O–H groups in total. The highest BCUT2D eigenvalue weighted by Gasteiger charge is 2.27. The monoisotopic (exact) mass is 319 g/mol. The van der Waals surface area contributed by atoms with Crippen LogP contribution in [0.3, 0.4) is 0 Å². The van der Waals surface area contributed by atoms with Gasteiger partial charge in [-0.05, 0) is 20.3 Å². The Kier molecular flexibility index (Phi) is 7.08. The molecule has 0 aliphatic rings. The number of hydrogen-bond donors (Lipinski definition) is 1. The van der Waals surface area contributed by atoms with E-state index in [0.717, 1.165) is 11.8 Å². The van der Waals surface area contributed by atoms with Crippen LogP contribution in [0.15, 0.2) is 0 Å². The topological polar surface area (TPSA) is 38.3 Å². The Bertz CT molecular complexity index is 244. The number of hydrogen-bond acceptors (Lipinski definition) is 2. The van der Waals surface area contributed by atoms with E-state index in [1.165, 1.54) is 0 Å². The van der Waals surface area contributed by atoms with Gasteiger partial charge in [-0.15, -0.1) is 0 Å². The van der Waals surface area contributed by atoms with Gasteiger partial charge in [0.05, 0.1) is 6.61 Å². The molecule has 17 heavy (non-hydrogen) atoms. The van der Waals surface area contributed by atoms with Crippen molar-refractivity contribution < 1.29 is 22.7 Å². The van der Waals surface area contributed by atoms with E-state index in [-0.39, 0.29) is 24.5 Å². The SMILES string of the molecule is CC(C)(CCBr)NC(=O)CCOCC(F)(F)F. The van der Waals surface area contributed by atoms with Crippen molar-refractivity contribution >= 4 is 21.8 Å². The molecular weight excluding hydrogens is 303 g/mol. The molecule has 0 saturated carbocycles. The lowest BCUT2D eigenvalue weighted by Crippen LogP contribution is -2.44. The molecule has 0 heterocycles. The number of amides is 1. The van der Waals surface area contributed by atoms with Crippen LogP contribution in [0.25, 0.3) is 0 Å². The Hall–Kier alpha value is -0.300. The smallest absolute Gasteiger partial charge is 0.372 e. The first-order valence-electron chi connectivity index (χ1n) is 5.18. The number of carbonyl (C=O) groups is 1. The molecule has 0 aromatic carbocycles. The molecule has 0 aliphatic heterocycles. The van der Waals surface area contributed by atoms with Crippen LogP contribution in [-0.2, 0) is 9.53 Å². The lowest BCUT2D eigenvalue weighted by molar-refractivity contribution is -0.174. The summed E-state index contributed by atoms with van der Waals surface area (Å²) in [5.41, 5.74) is -0.370. The summed E-state index contributed by atoms with van der Waals surface area (Å²) in [6, 6.07) is 0. The maximum atomic E-state index is 11.7. The Morgan fingerprint density at radius 3 is 2.41 bits per heavy atom. The largest absolute Gasteiger partial charge is 0.411 e. The standard InChI is InChI=1S/C10H17BrF3NO2/c1-9(2,4-5-11)15-8(16)3-6-17-7-10(12,13)14/h3-7H2,1-2H3,(H,15,16). The quantitative estimate of drug-likeness (QED) is 0.578. The van der Waals surface area contributed by atoms with Gasteiger partial charge >= 0.3 is 6.18 Å². The van der Waals surface area contributed by atoms with Crippen molar-refractivity contribution in [2.24, 2.45) is 0 Å². The lowest BCUT2D eigenvalue weighted by Gasteiger charge is -2.25. The molecule has 0 fully saturated rings. The van der Waals surface area contributed by atoms with Gasteiger partial charge in [0.15, 0.2) is 0 Å². The number of nitrogens with one attached hydrogen (secondary N) is 1. The van der Waals surface area contributed by atoms with Crippen molar-refractivity contribution in [3.05, 3.63) is 0 Å². The van der Waals surface area contributed by atoms with E-state index in [1.54, 1.807) is 0 Å². The van der Waals surface area contributed by atoms with Crippen molar-refractivity contribution in [3.63, 3.8) is 0 Å². The van der Waals surface area contributed by atoms with Gasteiger partial charge in [0.1, 0.15) is 6.61 Å². The minimum atomic E-state index is -4.34. The van der Waals surface area contributed by atoms with Crippen LogP contribution in [0, 0.1) is 0 Å². The van der Waals surface area contributed by atoms with Gasteiger partial charge in [0.2, 0.25) is 5.91 Å². The fourth-order valence-electron chi connectivity index (χ4n) is 1.09. The molecule has 0 unspecified atom stereocenters. The van der Waals surface area contributed by atoms with E-state index >= 15 is 0 Å². The molecule has 0 spiro atoms. The van der Waals surface area contributed by atoms with Crippen LogP contribution in [0.1, 0.15) is 26.7 Å². The zero-order valence-corrected chi connectivity index (χ0v) is 11.4. The highest BCUT2D eigenvalue weighted by Crippen LogP contribution is 2.14. The molecule has 3 nitrogen and oxygen atoms in total.